The van der Waals surface area contributed by atoms with Gasteiger partial charge in [0.05, 0.1) is 10.9 Å². The van der Waals surface area contributed by atoms with Crippen LogP contribution in [0.5, 0.6) is 0 Å². The summed E-state index contributed by atoms with van der Waals surface area (Å²) in [5, 5.41) is 2.05. The van der Waals surface area contributed by atoms with Crippen LogP contribution in [0.4, 0.5) is 3.89 Å². The van der Waals surface area contributed by atoms with E-state index in [0.717, 1.165) is 57.8 Å². The van der Waals surface area contributed by atoms with Crippen molar-refractivity contribution in [2.75, 3.05) is 0 Å². The molecule has 5 aromatic rings. The standard InChI is InChI=1S/C27H20FN3O3S/c1-3-15-5-8-20-23(9-15)30-27-25(20)26(32)22-11-16(4-2)21(12-24(22)31(27)18-6-7-18)17-10-19(14-29-13-17)35(28,33)34/h1,5,8-14,18,30H,4,6-7H2,2H3. The summed E-state index contributed by atoms with van der Waals surface area (Å²) >= 11 is 0. The Hall–Kier alpha value is -3.96. The Balaban J connectivity index is 1.73. The topological polar surface area (TPSA) is 84.8 Å². The lowest BCUT2D eigenvalue weighted by molar-refractivity contribution is 0.551. The third kappa shape index (κ3) is 3.34. The van der Waals surface area contributed by atoms with E-state index in [1.165, 1.54) is 12.3 Å². The molecule has 8 heteroatoms. The molecule has 1 aliphatic carbocycles. The molecule has 3 aromatic heterocycles. The molecule has 0 aliphatic heterocycles. The largest absolute Gasteiger partial charge is 0.340 e. The average Bonchev–Trinajstić information content (AvgIpc) is 3.62. The number of benzene rings is 2. The molecule has 35 heavy (non-hydrogen) atoms. The number of terminal acetylenes is 1. The minimum Gasteiger partial charge on any atom is -0.340 e. The van der Waals surface area contributed by atoms with Crippen LogP contribution in [0.2, 0.25) is 0 Å². The predicted molar refractivity (Wildman–Crippen MR) is 135 cm³/mol. The second-order valence-corrected chi connectivity index (χ2v) is 10.3. The van der Waals surface area contributed by atoms with Gasteiger partial charge < -0.3 is 9.55 Å². The molecule has 0 amide bonds. The van der Waals surface area contributed by atoms with Gasteiger partial charge >= 0.3 is 10.2 Å². The number of hydrogen-bond donors (Lipinski definition) is 1. The summed E-state index contributed by atoms with van der Waals surface area (Å²) in [5.41, 5.74) is 4.98. The van der Waals surface area contributed by atoms with Crippen molar-refractivity contribution < 1.29 is 12.3 Å². The first-order valence-corrected chi connectivity index (χ1v) is 12.7. The molecule has 0 bridgehead atoms. The van der Waals surface area contributed by atoms with Crippen molar-refractivity contribution in [3.05, 3.63) is 70.1 Å². The van der Waals surface area contributed by atoms with E-state index in [0.29, 0.717) is 22.8 Å². The van der Waals surface area contributed by atoms with Crippen LogP contribution in [0.1, 0.15) is 36.9 Å². The third-order valence-electron chi connectivity index (χ3n) is 6.74. The first kappa shape index (κ1) is 21.6. The average molecular weight is 486 g/mol. The van der Waals surface area contributed by atoms with Crippen LogP contribution in [0.15, 0.2) is 58.5 Å². The molecule has 1 fully saturated rings. The Bertz CT molecular complexity index is 1910. The lowest BCUT2D eigenvalue weighted by Gasteiger charge is -2.16. The predicted octanol–water partition coefficient (Wildman–Crippen LogP) is 5.23. The van der Waals surface area contributed by atoms with Crippen LogP contribution in [0, 0.1) is 12.3 Å². The molecule has 6 rings (SSSR count). The zero-order chi connectivity index (χ0) is 24.5. The van der Waals surface area contributed by atoms with E-state index in [9.17, 15) is 17.1 Å². The van der Waals surface area contributed by atoms with Crippen molar-refractivity contribution in [1.82, 2.24) is 14.5 Å². The zero-order valence-electron chi connectivity index (χ0n) is 18.8. The third-order valence-corrected chi connectivity index (χ3v) is 7.52. The quantitative estimate of drug-likeness (QED) is 0.279. The molecule has 1 saturated carbocycles. The molecule has 0 radical (unpaired) electrons. The first-order valence-electron chi connectivity index (χ1n) is 11.3. The molecule has 0 spiro atoms. The molecule has 0 atom stereocenters. The van der Waals surface area contributed by atoms with E-state index < -0.39 is 15.1 Å². The van der Waals surface area contributed by atoms with Crippen molar-refractivity contribution in [2.24, 2.45) is 0 Å². The van der Waals surface area contributed by atoms with Crippen molar-refractivity contribution in [3.8, 4) is 23.5 Å². The maximum absolute atomic E-state index is 13.8. The van der Waals surface area contributed by atoms with Gasteiger partial charge in [-0.2, -0.15) is 8.42 Å². The Morgan fingerprint density at radius 3 is 2.66 bits per heavy atom. The number of rotatable bonds is 4. The van der Waals surface area contributed by atoms with Crippen molar-refractivity contribution in [3.63, 3.8) is 0 Å². The van der Waals surface area contributed by atoms with Gasteiger partial charge in [0.25, 0.3) is 0 Å². The van der Waals surface area contributed by atoms with Gasteiger partial charge in [-0.3, -0.25) is 9.78 Å². The summed E-state index contributed by atoms with van der Waals surface area (Å²) in [6, 6.07) is 10.9. The fraction of sp³-hybridized carbons (Fsp3) is 0.185. The molecule has 0 saturated heterocycles. The monoisotopic (exact) mass is 485 g/mol. The summed E-state index contributed by atoms with van der Waals surface area (Å²) in [6.07, 6.45) is 10.6. The van der Waals surface area contributed by atoms with Crippen LogP contribution >= 0.6 is 0 Å². The van der Waals surface area contributed by atoms with Gasteiger partial charge in [-0.05, 0) is 60.7 Å². The van der Waals surface area contributed by atoms with E-state index in [-0.39, 0.29) is 11.5 Å². The van der Waals surface area contributed by atoms with E-state index in [1.54, 1.807) is 0 Å². The van der Waals surface area contributed by atoms with Gasteiger partial charge in [0.15, 0.2) is 5.43 Å². The fourth-order valence-corrected chi connectivity index (χ4v) is 5.38. The summed E-state index contributed by atoms with van der Waals surface area (Å²) in [6.45, 7) is 1.96. The zero-order valence-corrected chi connectivity index (χ0v) is 19.6. The van der Waals surface area contributed by atoms with E-state index >= 15 is 0 Å². The molecular formula is C27H20FN3O3S. The maximum Gasteiger partial charge on any atom is 0.333 e. The van der Waals surface area contributed by atoms with Crippen molar-refractivity contribution in [1.29, 1.82) is 0 Å². The number of halogens is 1. The van der Waals surface area contributed by atoms with Gasteiger partial charge in [-0.25, -0.2) is 0 Å². The Kier molecular flexibility index (Phi) is 4.63. The van der Waals surface area contributed by atoms with Crippen LogP contribution in [0.25, 0.3) is 44.0 Å². The number of hydrogen-bond acceptors (Lipinski definition) is 4. The van der Waals surface area contributed by atoms with Gasteiger partial charge in [0.1, 0.15) is 10.5 Å². The van der Waals surface area contributed by atoms with E-state index in [1.807, 2.05) is 37.3 Å². The molecule has 1 aliphatic rings. The Morgan fingerprint density at radius 1 is 1.17 bits per heavy atom. The van der Waals surface area contributed by atoms with E-state index in [4.69, 9.17) is 6.42 Å². The summed E-state index contributed by atoms with van der Waals surface area (Å²) in [7, 11) is -4.90. The fourth-order valence-electron chi connectivity index (χ4n) is 4.93. The highest BCUT2D eigenvalue weighted by atomic mass is 32.3. The molecule has 174 valence electrons. The molecule has 2 aromatic carbocycles. The number of aromatic amines is 1. The number of pyridine rings is 2. The number of nitrogens with zero attached hydrogens (tertiary/aromatic N) is 2. The van der Waals surface area contributed by atoms with Crippen molar-refractivity contribution >= 4 is 43.1 Å². The lowest BCUT2D eigenvalue weighted by atomic mass is 9.96. The van der Waals surface area contributed by atoms with Crippen LogP contribution in [0.3, 0.4) is 0 Å². The normalized spacial score (nSPS) is 14.1. The van der Waals surface area contributed by atoms with Crippen LogP contribution in [-0.4, -0.2) is 23.0 Å². The minimum absolute atomic E-state index is 0.0777. The number of nitrogens with one attached hydrogen (secondary N) is 1. The highest BCUT2D eigenvalue weighted by molar-refractivity contribution is 7.86. The second kappa shape index (κ2) is 7.52. The Morgan fingerprint density at radius 2 is 1.97 bits per heavy atom. The highest BCUT2D eigenvalue weighted by Crippen LogP contribution is 2.41. The molecule has 6 nitrogen and oxygen atoms in total. The molecule has 3 heterocycles. The lowest BCUT2D eigenvalue weighted by Crippen LogP contribution is -2.11. The summed E-state index contributed by atoms with van der Waals surface area (Å²) in [4.78, 5) is 20.7. The van der Waals surface area contributed by atoms with Crippen LogP contribution < -0.4 is 5.43 Å². The maximum atomic E-state index is 13.8. The number of aryl methyl sites for hydroxylation is 1. The van der Waals surface area contributed by atoms with Gasteiger partial charge in [0.2, 0.25) is 0 Å². The van der Waals surface area contributed by atoms with E-state index in [2.05, 4.69) is 20.5 Å². The number of H-pyrrole nitrogens is 1. The smallest absolute Gasteiger partial charge is 0.333 e. The number of aromatic nitrogens is 3. The molecule has 1 N–H and O–H groups in total. The summed E-state index contributed by atoms with van der Waals surface area (Å²) < 4.78 is 38.8. The Labute approximate surface area is 200 Å². The van der Waals surface area contributed by atoms with Gasteiger partial charge in [-0.15, -0.1) is 10.3 Å². The van der Waals surface area contributed by atoms with Crippen LogP contribution in [-0.2, 0) is 16.6 Å². The van der Waals surface area contributed by atoms with Gasteiger partial charge in [0, 0.05) is 45.9 Å². The highest BCUT2D eigenvalue weighted by Gasteiger charge is 2.29. The summed E-state index contributed by atoms with van der Waals surface area (Å²) in [5.74, 6) is 2.64. The van der Waals surface area contributed by atoms with Crippen molar-refractivity contribution in [2.45, 2.75) is 37.1 Å². The minimum atomic E-state index is -4.90. The number of fused-ring (bicyclic) bond motifs is 4. The second-order valence-electron chi connectivity index (χ2n) is 8.91. The first-order chi connectivity index (χ1) is 16.8. The molecule has 0 unspecified atom stereocenters. The van der Waals surface area contributed by atoms with Gasteiger partial charge in [-0.1, -0.05) is 18.9 Å². The molecular weight excluding hydrogens is 465 g/mol. The SMILES string of the molecule is C#Cc1ccc2c(c1)[nH]c1c2c(=O)c2cc(CC)c(-c3cncc(S(=O)(=O)F)c3)cc2n1C1CC1.